The minimum atomic E-state index is -0.191. The highest BCUT2D eigenvalue weighted by Gasteiger charge is 2.23. The first-order chi connectivity index (χ1) is 14.7. The first-order valence-electron chi connectivity index (χ1n) is 12.2. The molecule has 0 unspecified atom stereocenters. The molecule has 162 valence electrons. The average molecular weight is 407 g/mol. The van der Waals surface area contributed by atoms with Gasteiger partial charge in [-0.15, -0.1) is 0 Å². The van der Waals surface area contributed by atoms with Crippen molar-refractivity contribution in [2.45, 2.75) is 90.6 Å². The van der Waals surface area contributed by atoms with Crippen LogP contribution in [0.5, 0.6) is 0 Å². The predicted octanol–water partition coefficient (Wildman–Crippen LogP) is 7.13. The van der Waals surface area contributed by atoms with Crippen molar-refractivity contribution in [2.75, 3.05) is 0 Å². The van der Waals surface area contributed by atoms with E-state index in [4.69, 9.17) is 4.74 Å². The smallest absolute Gasteiger partial charge is 0.338 e. The summed E-state index contributed by atoms with van der Waals surface area (Å²) in [4.78, 5) is 12.4. The average Bonchev–Trinajstić information content (AvgIpc) is 2.79. The first kappa shape index (κ1) is 22.7. The lowest BCUT2D eigenvalue weighted by Gasteiger charge is -2.26. The van der Waals surface area contributed by atoms with Crippen LogP contribution in [-0.4, -0.2) is 12.1 Å². The molecule has 2 heteroatoms. The van der Waals surface area contributed by atoms with Gasteiger partial charge in [-0.05, 0) is 93.4 Å². The fourth-order valence-corrected chi connectivity index (χ4v) is 4.85. The highest BCUT2D eigenvalue weighted by atomic mass is 16.5. The minimum Gasteiger partial charge on any atom is -0.459 e. The maximum atomic E-state index is 12.4. The molecule has 3 rings (SSSR count). The summed E-state index contributed by atoms with van der Waals surface area (Å²) in [5, 5.41) is 0. The van der Waals surface area contributed by atoms with E-state index in [0.717, 1.165) is 43.9 Å². The van der Waals surface area contributed by atoms with Gasteiger partial charge in [0.05, 0.1) is 5.56 Å². The molecule has 0 aromatic heterocycles. The summed E-state index contributed by atoms with van der Waals surface area (Å²) in [7, 11) is 0. The Hall–Kier alpha value is -2.01. The Bertz CT molecular complexity index is 733. The summed E-state index contributed by atoms with van der Waals surface area (Å²) >= 11 is 0. The number of carbonyl (C=O) groups excluding carboxylic acids is 1. The van der Waals surface area contributed by atoms with Gasteiger partial charge in [-0.2, -0.15) is 0 Å². The van der Waals surface area contributed by atoms with Crippen LogP contribution < -0.4 is 0 Å². The molecule has 0 atom stereocenters. The topological polar surface area (TPSA) is 26.3 Å². The molecule has 2 aliphatic rings. The van der Waals surface area contributed by atoms with Gasteiger partial charge in [0.2, 0.25) is 0 Å². The van der Waals surface area contributed by atoms with E-state index in [0.29, 0.717) is 11.5 Å². The molecule has 0 N–H and O–H groups in total. The van der Waals surface area contributed by atoms with Crippen LogP contribution in [0.2, 0.25) is 0 Å². The van der Waals surface area contributed by atoms with Crippen molar-refractivity contribution in [3.05, 3.63) is 47.5 Å². The van der Waals surface area contributed by atoms with Crippen LogP contribution in [0.25, 0.3) is 0 Å². The highest BCUT2D eigenvalue weighted by Crippen LogP contribution is 2.32. The predicted molar refractivity (Wildman–Crippen MR) is 124 cm³/mol. The molecule has 2 saturated carbocycles. The van der Waals surface area contributed by atoms with Gasteiger partial charge in [-0.3, -0.25) is 0 Å². The maximum Gasteiger partial charge on any atom is 0.338 e. The van der Waals surface area contributed by atoms with Gasteiger partial charge in [-0.25, -0.2) is 4.79 Å². The zero-order valence-corrected chi connectivity index (χ0v) is 18.9. The molecule has 0 bridgehead atoms. The number of allylic oxidation sites excluding steroid dienone is 2. The van der Waals surface area contributed by atoms with E-state index in [1.54, 1.807) is 0 Å². The number of benzene rings is 1. The van der Waals surface area contributed by atoms with Gasteiger partial charge in [0.15, 0.2) is 0 Å². The van der Waals surface area contributed by atoms with Crippen molar-refractivity contribution in [3.8, 4) is 11.8 Å². The third kappa shape index (κ3) is 7.05. The standard InChI is InChI=1S/C28H38O2/c1-3-7-23-10-12-24(13-11-23)8-5-6-9-25-16-20-27(21-17-25)30-28(29)26-18-14-22(4-2)15-19-26/h5,8,14-15,18-19,23-25,27H,3-4,7,10-13,16-17,20-21H2,1-2H3/b8-5+. The molecular formula is C28H38O2. The zero-order valence-electron chi connectivity index (χ0n) is 18.9. The molecule has 0 amide bonds. The summed E-state index contributed by atoms with van der Waals surface area (Å²) in [6.07, 6.45) is 17.5. The summed E-state index contributed by atoms with van der Waals surface area (Å²) in [5.41, 5.74) is 1.90. The molecule has 2 aliphatic carbocycles. The van der Waals surface area contributed by atoms with E-state index in [1.165, 1.54) is 44.1 Å². The SMILES string of the molecule is CCCC1CCC(/C=C/C#CC2CCC(OC(=O)c3ccc(CC)cc3)CC2)CC1. The molecule has 1 aromatic rings. The van der Waals surface area contributed by atoms with Gasteiger partial charge in [0.1, 0.15) is 6.10 Å². The quantitative estimate of drug-likeness (QED) is 0.371. The van der Waals surface area contributed by atoms with Crippen LogP contribution >= 0.6 is 0 Å². The van der Waals surface area contributed by atoms with E-state index < -0.39 is 0 Å². The summed E-state index contributed by atoms with van der Waals surface area (Å²) in [6, 6.07) is 7.77. The Kier molecular flexibility index (Phi) is 9.06. The van der Waals surface area contributed by atoms with E-state index >= 15 is 0 Å². The molecule has 2 fully saturated rings. The monoisotopic (exact) mass is 406 g/mol. The fraction of sp³-hybridized carbons (Fsp3) is 0.607. The zero-order chi connectivity index (χ0) is 21.2. The van der Waals surface area contributed by atoms with Crippen LogP contribution in [0.15, 0.2) is 36.4 Å². The summed E-state index contributed by atoms with van der Waals surface area (Å²) in [6.45, 7) is 4.41. The molecule has 2 nitrogen and oxygen atoms in total. The van der Waals surface area contributed by atoms with Gasteiger partial charge in [-0.1, -0.05) is 56.7 Å². The number of rotatable bonds is 6. The van der Waals surface area contributed by atoms with Gasteiger partial charge in [0.25, 0.3) is 0 Å². The van der Waals surface area contributed by atoms with Crippen molar-refractivity contribution in [1.29, 1.82) is 0 Å². The summed E-state index contributed by atoms with van der Waals surface area (Å²) < 4.78 is 5.73. The van der Waals surface area contributed by atoms with Crippen LogP contribution in [0.3, 0.4) is 0 Å². The lowest BCUT2D eigenvalue weighted by atomic mass is 9.80. The molecule has 0 spiro atoms. The van der Waals surface area contributed by atoms with Crippen LogP contribution in [0.4, 0.5) is 0 Å². The number of ether oxygens (including phenoxy) is 1. The Morgan fingerprint density at radius 1 is 1.00 bits per heavy atom. The number of hydrogen-bond donors (Lipinski definition) is 0. The van der Waals surface area contributed by atoms with Crippen molar-refractivity contribution >= 4 is 5.97 Å². The molecular weight excluding hydrogens is 368 g/mol. The lowest BCUT2D eigenvalue weighted by molar-refractivity contribution is 0.0188. The van der Waals surface area contributed by atoms with Crippen LogP contribution in [0, 0.1) is 29.6 Å². The lowest BCUT2D eigenvalue weighted by Crippen LogP contribution is -2.24. The molecule has 0 heterocycles. The molecule has 1 aromatic carbocycles. The number of esters is 1. The Morgan fingerprint density at radius 2 is 1.70 bits per heavy atom. The van der Waals surface area contributed by atoms with Crippen molar-refractivity contribution in [1.82, 2.24) is 0 Å². The fourth-order valence-electron chi connectivity index (χ4n) is 4.85. The Morgan fingerprint density at radius 3 is 2.33 bits per heavy atom. The third-order valence-electron chi connectivity index (χ3n) is 6.87. The number of carbonyl (C=O) groups is 1. The molecule has 0 aliphatic heterocycles. The van der Waals surface area contributed by atoms with Gasteiger partial charge in [0, 0.05) is 5.92 Å². The Labute approximate surface area is 183 Å². The molecule has 30 heavy (non-hydrogen) atoms. The molecule has 0 radical (unpaired) electrons. The van der Waals surface area contributed by atoms with E-state index in [9.17, 15) is 4.79 Å². The van der Waals surface area contributed by atoms with E-state index in [2.05, 4.69) is 37.8 Å². The molecule has 0 saturated heterocycles. The number of hydrogen-bond acceptors (Lipinski definition) is 2. The van der Waals surface area contributed by atoms with Crippen LogP contribution in [0.1, 0.15) is 94.0 Å². The van der Waals surface area contributed by atoms with Crippen molar-refractivity contribution < 1.29 is 9.53 Å². The van der Waals surface area contributed by atoms with Crippen molar-refractivity contribution in [3.63, 3.8) is 0 Å². The highest BCUT2D eigenvalue weighted by molar-refractivity contribution is 5.89. The van der Waals surface area contributed by atoms with E-state index in [1.807, 2.05) is 24.3 Å². The maximum absolute atomic E-state index is 12.4. The second kappa shape index (κ2) is 12.0. The minimum absolute atomic E-state index is 0.0373. The van der Waals surface area contributed by atoms with E-state index in [-0.39, 0.29) is 12.1 Å². The largest absolute Gasteiger partial charge is 0.459 e. The Balaban J connectivity index is 1.36. The van der Waals surface area contributed by atoms with Gasteiger partial charge >= 0.3 is 5.97 Å². The third-order valence-corrected chi connectivity index (χ3v) is 6.87. The number of aryl methyl sites for hydroxylation is 1. The van der Waals surface area contributed by atoms with Gasteiger partial charge < -0.3 is 4.74 Å². The summed E-state index contributed by atoms with van der Waals surface area (Å²) in [5.74, 6) is 8.67. The second-order valence-electron chi connectivity index (χ2n) is 9.15. The first-order valence-corrected chi connectivity index (χ1v) is 12.2. The normalized spacial score (nSPS) is 26.7. The second-order valence-corrected chi connectivity index (χ2v) is 9.15. The van der Waals surface area contributed by atoms with Crippen LogP contribution in [-0.2, 0) is 11.2 Å². The van der Waals surface area contributed by atoms with Crippen molar-refractivity contribution in [2.24, 2.45) is 17.8 Å².